The topological polar surface area (TPSA) is 144 Å². The van der Waals surface area contributed by atoms with Crippen LogP contribution in [-0.4, -0.2) is 49.1 Å². The summed E-state index contributed by atoms with van der Waals surface area (Å²) in [5, 5.41) is 44.6. The van der Waals surface area contributed by atoms with Crippen molar-refractivity contribution in [2.24, 2.45) is 5.73 Å². The van der Waals surface area contributed by atoms with Crippen LogP contribution in [0.1, 0.15) is 13.3 Å². The van der Waals surface area contributed by atoms with Crippen LogP contribution in [0.2, 0.25) is 0 Å². The summed E-state index contributed by atoms with van der Waals surface area (Å²) >= 11 is 0. The van der Waals surface area contributed by atoms with Crippen LogP contribution in [0.15, 0.2) is 0 Å². The summed E-state index contributed by atoms with van der Waals surface area (Å²) in [5.74, 6) is -8.72. The molecule has 0 rings (SSSR count). The van der Waals surface area contributed by atoms with Gasteiger partial charge in [0.2, 0.25) is 0 Å². The number of hydrogen-bond acceptors (Lipinski definition) is 6. The predicted molar refractivity (Wildman–Crippen MR) is 39.8 cm³/mol. The van der Waals surface area contributed by atoms with Gasteiger partial charge in [-0.15, -0.1) is 0 Å². The minimum Gasteiger partial charge on any atom is -0.387 e. The molecule has 0 fully saturated rings. The number of amides is 1. The zero-order chi connectivity index (χ0) is 10.9. The Morgan fingerprint density at radius 3 is 2.00 bits per heavy atom. The van der Waals surface area contributed by atoms with Gasteiger partial charge in [0.25, 0.3) is 11.7 Å². The maximum atomic E-state index is 10.4. The predicted octanol–water partition coefficient (Wildman–Crippen LogP) is -3.40. The highest BCUT2D eigenvalue weighted by Gasteiger charge is 2.56. The summed E-state index contributed by atoms with van der Waals surface area (Å²) in [6, 6.07) is 0. The number of aliphatic hydroxyl groups is 5. The van der Waals surface area contributed by atoms with E-state index in [-0.39, 0.29) is 6.42 Å². The molecule has 1 unspecified atom stereocenters. The van der Waals surface area contributed by atoms with Crippen LogP contribution in [0.3, 0.4) is 0 Å². The van der Waals surface area contributed by atoms with E-state index in [0.29, 0.717) is 0 Å². The van der Waals surface area contributed by atoms with E-state index in [1.165, 1.54) is 6.92 Å². The summed E-state index contributed by atoms with van der Waals surface area (Å²) in [6.45, 7) is 1.35. The summed E-state index contributed by atoms with van der Waals surface area (Å²) in [5.41, 5.74) is 4.48. The third-order valence-corrected chi connectivity index (χ3v) is 1.71. The molecule has 1 atom stereocenters. The second-order valence-electron chi connectivity index (χ2n) is 2.69. The monoisotopic (exact) mass is 195 g/mol. The summed E-state index contributed by atoms with van der Waals surface area (Å²) < 4.78 is 0. The fourth-order valence-corrected chi connectivity index (χ4v) is 0.698. The molecule has 0 saturated carbocycles. The second kappa shape index (κ2) is 3.56. The van der Waals surface area contributed by atoms with Crippen LogP contribution in [-0.2, 0) is 4.79 Å². The van der Waals surface area contributed by atoms with Gasteiger partial charge in [-0.1, -0.05) is 6.92 Å². The van der Waals surface area contributed by atoms with Gasteiger partial charge < -0.3 is 31.3 Å². The molecular formula is C6H13NO6. The second-order valence-corrected chi connectivity index (χ2v) is 2.69. The molecule has 7 heteroatoms. The molecule has 7 nitrogen and oxygen atoms in total. The largest absolute Gasteiger partial charge is 0.387 e. The zero-order valence-electron chi connectivity index (χ0n) is 7.01. The van der Waals surface area contributed by atoms with Crippen molar-refractivity contribution in [3.63, 3.8) is 0 Å². The maximum absolute atomic E-state index is 10.4. The zero-order valence-corrected chi connectivity index (χ0v) is 7.01. The van der Waals surface area contributed by atoms with Gasteiger partial charge in [0.05, 0.1) is 0 Å². The Labute approximate surface area is 74.0 Å². The number of primary amides is 1. The van der Waals surface area contributed by atoms with E-state index in [1.54, 1.807) is 0 Å². The maximum Gasteiger partial charge on any atom is 0.303 e. The molecule has 0 aliphatic rings. The molecule has 0 saturated heterocycles. The van der Waals surface area contributed by atoms with Crippen LogP contribution in [0.25, 0.3) is 0 Å². The first-order valence-corrected chi connectivity index (χ1v) is 3.55. The quantitative estimate of drug-likeness (QED) is 0.258. The molecule has 78 valence electrons. The lowest BCUT2D eigenvalue weighted by Crippen LogP contribution is -2.67. The summed E-state index contributed by atoms with van der Waals surface area (Å²) in [6.07, 6.45) is -2.08. The van der Waals surface area contributed by atoms with Crippen molar-refractivity contribution >= 4 is 5.91 Å². The number of carbonyl (C=O) groups is 1. The molecule has 0 aromatic rings. The van der Waals surface area contributed by atoms with Crippen molar-refractivity contribution in [2.45, 2.75) is 31.0 Å². The number of hydrogen-bond donors (Lipinski definition) is 6. The lowest BCUT2D eigenvalue weighted by molar-refractivity contribution is -0.365. The first kappa shape index (κ1) is 12.3. The molecule has 0 aromatic heterocycles. The normalized spacial score (nSPS) is 15.5. The lowest BCUT2D eigenvalue weighted by atomic mass is 9.97. The van der Waals surface area contributed by atoms with E-state index in [2.05, 4.69) is 5.73 Å². The first-order valence-electron chi connectivity index (χ1n) is 3.55. The molecule has 13 heavy (non-hydrogen) atoms. The Morgan fingerprint density at radius 2 is 1.77 bits per heavy atom. The van der Waals surface area contributed by atoms with E-state index in [9.17, 15) is 4.79 Å². The Bertz CT molecular complexity index is 201. The lowest BCUT2D eigenvalue weighted by Gasteiger charge is -2.35. The molecule has 0 bridgehead atoms. The smallest absolute Gasteiger partial charge is 0.303 e. The van der Waals surface area contributed by atoms with Crippen molar-refractivity contribution < 1.29 is 30.3 Å². The minimum atomic E-state index is -3.58. The van der Waals surface area contributed by atoms with E-state index in [0.717, 1.165) is 0 Å². The average Bonchev–Trinajstić information content (AvgIpc) is 2.02. The van der Waals surface area contributed by atoms with Crippen LogP contribution in [0.4, 0.5) is 0 Å². The molecule has 0 spiro atoms. The number of aliphatic hydroxyl groups excluding tert-OH is 1. The Hall–Kier alpha value is -0.730. The molecular weight excluding hydrogens is 182 g/mol. The highest BCUT2D eigenvalue weighted by atomic mass is 16.6. The van der Waals surface area contributed by atoms with Crippen molar-refractivity contribution in [2.75, 3.05) is 0 Å². The van der Waals surface area contributed by atoms with Gasteiger partial charge in [-0.2, -0.15) is 0 Å². The summed E-state index contributed by atoms with van der Waals surface area (Å²) in [7, 11) is 0. The highest BCUT2D eigenvalue weighted by molar-refractivity contribution is 5.82. The Balaban J connectivity index is 4.90. The van der Waals surface area contributed by atoms with Crippen LogP contribution in [0, 0.1) is 0 Å². The van der Waals surface area contributed by atoms with Gasteiger partial charge in [-0.05, 0) is 6.42 Å². The first-order chi connectivity index (χ1) is 5.67. The number of rotatable bonds is 4. The molecule has 0 aliphatic heterocycles. The molecule has 1 amide bonds. The van der Waals surface area contributed by atoms with Gasteiger partial charge in [0.15, 0.2) is 0 Å². The molecule has 0 aliphatic carbocycles. The van der Waals surface area contributed by atoms with Crippen molar-refractivity contribution in [3.05, 3.63) is 0 Å². The van der Waals surface area contributed by atoms with E-state index in [1.807, 2.05) is 0 Å². The molecule has 0 heterocycles. The fraction of sp³-hybridized carbons (Fsp3) is 0.833. The van der Waals surface area contributed by atoms with Crippen molar-refractivity contribution in [1.82, 2.24) is 0 Å². The Morgan fingerprint density at radius 1 is 1.38 bits per heavy atom. The van der Waals surface area contributed by atoms with Crippen molar-refractivity contribution in [3.8, 4) is 0 Å². The van der Waals surface area contributed by atoms with Gasteiger partial charge >= 0.3 is 5.79 Å². The van der Waals surface area contributed by atoms with E-state index in [4.69, 9.17) is 25.5 Å². The van der Waals surface area contributed by atoms with Gasteiger partial charge in [-0.25, -0.2) is 0 Å². The Kier molecular flexibility index (Phi) is 3.36. The molecule has 0 radical (unpaired) electrons. The summed E-state index contributed by atoms with van der Waals surface area (Å²) in [4.78, 5) is 10.4. The van der Waals surface area contributed by atoms with Crippen LogP contribution in [0.5, 0.6) is 0 Å². The third-order valence-electron chi connectivity index (χ3n) is 1.71. The highest BCUT2D eigenvalue weighted by Crippen LogP contribution is 2.22. The molecule has 0 aromatic carbocycles. The van der Waals surface area contributed by atoms with Gasteiger partial charge in [0.1, 0.15) is 6.10 Å². The van der Waals surface area contributed by atoms with Crippen LogP contribution < -0.4 is 5.73 Å². The third kappa shape index (κ3) is 1.95. The SMILES string of the molecule is CCC(O)C(O)(O)C(O)(O)C(N)=O. The molecule has 7 N–H and O–H groups in total. The van der Waals surface area contributed by atoms with E-state index < -0.39 is 23.6 Å². The van der Waals surface area contributed by atoms with Gasteiger partial charge in [-0.3, -0.25) is 4.79 Å². The number of carbonyl (C=O) groups excluding carboxylic acids is 1. The van der Waals surface area contributed by atoms with E-state index >= 15 is 0 Å². The standard InChI is InChI=1S/C6H13NO6/c1-2-3(8)5(10,11)6(12,13)4(7)9/h3,8,10-13H,2H2,1H3,(H2,7,9). The fourth-order valence-electron chi connectivity index (χ4n) is 0.698. The average molecular weight is 195 g/mol. The minimum absolute atomic E-state index is 0.191. The van der Waals surface area contributed by atoms with Gasteiger partial charge in [0, 0.05) is 0 Å². The van der Waals surface area contributed by atoms with Crippen LogP contribution >= 0.6 is 0 Å². The van der Waals surface area contributed by atoms with Crippen molar-refractivity contribution in [1.29, 1.82) is 0 Å². The number of nitrogens with two attached hydrogens (primary N) is 1.